The van der Waals surface area contributed by atoms with Crippen molar-refractivity contribution >= 4 is 17.5 Å². The van der Waals surface area contributed by atoms with Gasteiger partial charge in [0, 0.05) is 43.7 Å². The second kappa shape index (κ2) is 7.46. The molecule has 0 atom stereocenters. The molecule has 2 aromatic rings. The van der Waals surface area contributed by atoms with Crippen LogP contribution in [0, 0.1) is 0 Å². The van der Waals surface area contributed by atoms with Crippen molar-refractivity contribution in [3.05, 3.63) is 42.0 Å². The number of benzene rings is 1. The van der Waals surface area contributed by atoms with E-state index in [-0.39, 0.29) is 11.8 Å². The van der Waals surface area contributed by atoms with Crippen molar-refractivity contribution < 1.29 is 9.59 Å². The minimum Gasteiger partial charge on any atom is -0.324 e. The number of Topliss-reactive ketones (excluding diaryl/α,β-unsaturated/α-hetero) is 1. The molecule has 0 saturated carbocycles. The van der Waals surface area contributed by atoms with Crippen molar-refractivity contribution in [1.82, 2.24) is 19.7 Å². The highest BCUT2D eigenvalue weighted by atomic mass is 16.2. The Hall–Kier alpha value is -2.70. The minimum absolute atomic E-state index is 0.0700. The zero-order valence-corrected chi connectivity index (χ0v) is 14.6. The van der Waals surface area contributed by atoms with Gasteiger partial charge in [0.25, 0.3) is 0 Å². The van der Waals surface area contributed by atoms with Crippen molar-refractivity contribution in [3.8, 4) is 0 Å². The van der Waals surface area contributed by atoms with Gasteiger partial charge in [0.05, 0.1) is 0 Å². The molecule has 1 aliphatic rings. The number of piperidine rings is 1. The summed E-state index contributed by atoms with van der Waals surface area (Å²) in [6.45, 7) is 3.18. The van der Waals surface area contributed by atoms with E-state index in [4.69, 9.17) is 0 Å². The molecule has 0 radical (unpaired) electrons. The van der Waals surface area contributed by atoms with Gasteiger partial charge >= 0.3 is 6.03 Å². The number of aryl methyl sites for hydroxylation is 1. The van der Waals surface area contributed by atoms with Crippen LogP contribution in [-0.2, 0) is 7.05 Å². The molecule has 0 bridgehead atoms. The molecular formula is C18H23N5O2. The van der Waals surface area contributed by atoms with E-state index in [0.29, 0.717) is 36.7 Å². The molecule has 1 N–H and O–H groups in total. The Kier molecular flexibility index (Phi) is 5.11. The highest BCUT2D eigenvalue weighted by Gasteiger charge is 2.26. The lowest BCUT2D eigenvalue weighted by Gasteiger charge is -2.31. The molecule has 2 heterocycles. The molecule has 0 unspecified atom stereocenters. The fraction of sp³-hybridized carbons (Fsp3) is 0.444. The molecule has 7 heteroatoms. The van der Waals surface area contributed by atoms with Crippen molar-refractivity contribution in [3.63, 3.8) is 0 Å². The summed E-state index contributed by atoms with van der Waals surface area (Å²) < 4.78 is 1.94. The Morgan fingerprint density at radius 2 is 2.04 bits per heavy atom. The van der Waals surface area contributed by atoms with Gasteiger partial charge < -0.3 is 14.8 Å². The highest BCUT2D eigenvalue weighted by Crippen LogP contribution is 2.26. The molecule has 0 aliphatic carbocycles. The molecule has 132 valence electrons. The first-order valence-corrected chi connectivity index (χ1v) is 8.61. The number of ketones is 1. The third-order valence-electron chi connectivity index (χ3n) is 4.65. The fourth-order valence-electron chi connectivity index (χ4n) is 3.18. The number of nitrogens with one attached hydrogen (secondary N) is 1. The van der Waals surface area contributed by atoms with E-state index in [1.165, 1.54) is 0 Å². The van der Waals surface area contributed by atoms with Gasteiger partial charge in [-0.05, 0) is 25.0 Å². The van der Waals surface area contributed by atoms with Gasteiger partial charge in [0.15, 0.2) is 5.78 Å². The predicted molar refractivity (Wildman–Crippen MR) is 94.6 cm³/mol. The number of nitrogens with zero attached hydrogens (tertiary/aromatic N) is 4. The number of aromatic nitrogens is 3. The van der Waals surface area contributed by atoms with Gasteiger partial charge in [-0.25, -0.2) is 4.79 Å². The van der Waals surface area contributed by atoms with Crippen LogP contribution in [0.2, 0.25) is 0 Å². The van der Waals surface area contributed by atoms with Crippen LogP contribution in [0.15, 0.2) is 30.6 Å². The maximum absolute atomic E-state index is 12.5. The summed E-state index contributed by atoms with van der Waals surface area (Å²) in [4.78, 5) is 26.1. The van der Waals surface area contributed by atoms with Crippen LogP contribution in [0.4, 0.5) is 10.5 Å². The SMILES string of the molecule is CCC(=O)c1cccc(NC(=O)N2CCC(c3nncn3C)CC2)c1. The average molecular weight is 341 g/mol. The van der Waals surface area contributed by atoms with E-state index in [9.17, 15) is 9.59 Å². The van der Waals surface area contributed by atoms with Crippen LogP contribution in [0.1, 0.15) is 48.3 Å². The van der Waals surface area contributed by atoms with Crippen LogP contribution >= 0.6 is 0 Å². The van der Waals surface area contributed by atoms with Crippen LogP contribution in [0.5, 0.6) is 0 Å². The van der Waals surface area contributed by atoms with E-state index >= 15 is 0 Å². The first kappa shape index (κ1) is 17.1. The Bertz CT molecular complexity index is 762. The largest absolute Gasteiger partial charge is 0.324 e. The summed E-state index contributed by atoms with van der Waals surface area (Å²) in [5, 5.41) is 11.0. The molecule has 0 spiro atoms. The number of carbonyl (C=O) groups is 2. The molecular weight excluding hydrogens is 318 g/mol. The maximum Gasteiger partial charge on any atom is 0.321 e. The summed E-state index contributed by atoms with van der Waals surface area (Å²) in [5.41, 5.74) is 1.28. The first-order valence-electron chi connectivity index (χ1n) is 8.61. The average Bonchev–Trinajstić information content (AvgIpc) is 3.07. The van der Waals surface area contributed by atoms with Gasteiger partial charge in [-0.15, -0.1) is 10.2 Å². The predicted octanol–water partition coefficient (Wildman–Crippen LogP) is 2.82. The van der Waals surface area contributed by atoms with E-state index < -0.39 is 0 Å². The maximum atomic E-state index is 12.5. The summed E-state index contributed by atoms with van der Waals surface area (Å²) in [5.74, 6) is 1.38. The number of amides is 2. The quantitative estimate of drug-likeness (QED) is 0.867. The fourth-order valence-corrected chi connectivity index (χ4v) is 3.18. The van der Waals surface area contributed by atoms with Gasteiger partial charge in [0.2, 0.25) is 0 Å². The topological polar surface area (TPSA) is 80.1 Å². The summed E-state index contributed by atoms with van der Waals surface area (Å²) in [6, 6.07) is 6.97. The van der Waals surface area contributed by atoms with Crippen LogP contribution in [-0.4, -0.2) is 44.6 Å². The molecule has 25 heavy (non-hydrogen) atoms. The summed E-state index contributed by atoms with van der Waals surface area (Å²) >= 11 is 0. The molecule has 7 nitrogen and oxygen atoms in total. The van der Waals surface area contributed by atoms with Crippen LogP contribution < -0.4 is 5.32 Å². The van der Waals surface area contributed by atoms with Crippen molar-refractivity contribution in [2.45, 2.75) is 32.1 Å². The zero-order valence-electron chi connectivity index (χ0n) is 14.6. The number of carbonyl (C=O) groups excluding carboxylic acids is 2. The Balaban J connectivity index is 1.58. The van der Waals surface area contributed by atoms with E-state index in [0.717, 1.165) is 18.7 Å². The zero-order chi connectivity index (χ0) is 17.8. The summed E-state index contributed by atoms with van der Waals surface area (Å²) in [6.07, 6.45) is 3.90. The van der Waals surface area contributed by atoms with Gasteiger partial charge in [-0.2, -0.15) is 0 Å². The van der Waals surface area contributed by atoms with Gasteiger partial charge in [0.1, 0.15) is 12.2 Å². The molecule has 2 amide bonds. The van der Waals surface area contributed by atoms with Crippen LogP contribution in [0.3, 0.4) is 0 Å². The molecule has 1 aromatic carbocycles. The highest BCUT2D eigenvalue weighted by molar-refractivity contribution is 5.98. The second-order valence-corrected chi connectivity index (χ2v) is 6.35. The summed E-state index contributed by atoms with van der Waals surface area (Å²) in [7, 11) is 1.94. The third-order valence-corrected chi connectivity index (χ3v) is 4.65. The Morgan fingerprint density at radius 1 is 1.28 bits per heavy atom. The van der Waals surface area contributed by atoms with Crippen molar-refractivity contribution in [2.24, 2.45) is 7.05 Å². The minimum atomic E-state index is -0.127. The number of urea groups is 1. The van der Waals surface area contributed by atoms with E-state index in [1.54, 1.807) is 35.5 Å². The lowest BCUT2D eigenvalue weighted by molar-refractivity contribution is 0.0988. The number of hydrogen-bond donors (Lipinski definition) is 1. The number of hydrogen-bond acceptors (Lipinski definition) is 4. The molecule has 3 rings (SSSR count). The van der Waals surface area contributed by atoms with Crippen molar-refractivity contribution in [2.75, 3.05) is 18.4 Å². The smallest absolute Gasteiger partial charge is 0.321 e. The standard InChI is InChI=1S/C18H23N5O2/c1-3-16(24)14-5-4-6-15(11-14)20-18(25)23-9-7-13(8-10-23)17-21-19-12-22(17)2/h4-6,11-13H,3,7-10H2,1-2H3,(H,20,25). The molecule has 1 aromatic heterocycles. The lowest BCUT2D eigenvalue weighted by Crippen LogP contribution is -2.40. The third kappa shape index (κ3) is 3.87. The normalized spacial score (nSPS) is 15.2. The van der Waals surface area contributed by atoms with Crippen molar-refractivity contribution in [1.29, 1.82) is 0 Å². The number of rotatable bonds is 4. The molecule has 1 aliphatic heterocycles. The van der Waals surface area contributed by atoms with Gasteiger partial charge in [-0.1, -0.05) is 19.1 Å². The van der Waals surface area contributed by atoms with Crippen LogP contribution in [0.25, 0.3) is 0 Å². The lowest BCUT2D eigenvalue weighted by atomic mass is 9.96. The second-order valence-electron chi connectivity index (χ2n) is 6.35. The van der Waals surface area contributed by atoms with Gasteiger partial charge in [-0.3, -0.25) is 4.79 Å². The number of anilines is 1. The molecule has 1 fully saturated rings. The van der Waals surface area contributed by atoms with E-state index in [2.05, 4.69) is 15.5 Å². The van der Waals surface area contributed by atoms with E-state index in [1.807, 2.05) is 18.5 Å². The Labute approximate surface area is 147 Å². The molecule has 1 saturated heterocycles. The first-order chi connectivity index (χ1) is 12.1. The number of likely N-dealkylation sites (tertiary alicyclic amines) is 1. The Morgan fingerprint density at radius 3 is 2.68 bits per heavy atom. The monoisotopic (exact) mass is 341 g/mol.